The van der Waals surface area contributed by atoms with Crippen molar-refractivity contribution in [1.29, 1.82) is 0 Å². The van der Waals surface area contributed by atoms with Crippen LogP contribution in [0.2, 0.25) is 0 Å². The highest BCUT2D eigenvalue weighted by Gasteiger charge is 2.15. The summed E-state index contributed by atoms with van der Waals surface area (Å²) in [5, 5.41) is 2.80. The van der Waals surface area contributed by atoms with Crippen LogP contribution in [0, 0.1) is 0 Å². The smallest absolute Gasteiger partial charge is 0.338 e. The summed E-state index contributed by atoms with van der Waals surface area (Å²) in [5.74, 6) is -1.07. The third-order valence-electron chi connectivity index (χ3n) is 4.19. The van der Waals surface area contributed by atoms with Gasteiger partial charge in [-0.25, -0.2) is 17.9 Å². The van der Waals surface area contributed by atoms with Crippen molar-refractivity contribution in [2.24, 2.45) is 0 Å². The molecule has 0 saturated heterocycles. The summed E-state index contributed by atoms with van der Waals surface area (Å²) in [6.07, 6.45) is 1.61. The normalized spacial score (nSPS) is 12.2. The van der Waals surface area contributed by atoms with Gasteiger partial charge < -0.3 is 10.1 Å². The van der Waals surface area contributed by atoms with Crippen LogP contribution in [0.1, 0.15) is 36.2 Å². The Balaban J connectivity index is 1.78. The molecule has 0 aromatic heterocycles. The van der Waals surface area contributed by atoms with Crippen LogP contribution in [-0.4, -0.2) is 39.5 Å². The summed E-state index contributed by atoms with van der Waals surface area (Å²) in [6, 6.07) is 15.3. The number of carbonyl (C=O) groups excluding carboxylic acids is 2. The van der Waals surface area contributed by atoms with Crippen molar-refractivity contribution >= 4 is 21.9 Å². The van der Waals surface area contributed by atoms with Crippen molar-refractivity contribution in [2.45, 2.75) is 37.6 Å². The molecule has 0 fully saturated rings. The summed E-state index contributed by atoms with van der Waals surface area (Å²) in [7, 11) is -3.58. The summed E-state index contributed by atoms with van der Waals surface area (Å²) in [4.78, 5) is 24.1. The Morgan fingerprint density at radius 2 is 1.69 bits per heavy atom. The van der Waals surface area contributed by atoms with E-state index in [1.165, 1.54) is 29.8 Å². The summed E-state index contributed by atoms with van der Waals surface area (Å²) in [6.45, 7) is 3.44. The first-order chi connectivity index (χ1) is 13.8. The number of amides is 1. The molecule has 2 aromatic carbocycles. The molecule has 0 bridgehead atoms. The van der Waals surface area contributed by atoms with Crippen molar-refractivity contribution in [2.75, 3.05) is 13.2 Å². The maximum Gasteiger partial charge on any atom is 0.338 e. The van der Waals surface area contributed by atoms with E-state index in [0.717, 1.165) is 12.8 Å². The molecule has 1 atom stereocenters. The first-order valence-electron chi connectivity index (χ1n) is 9.42. The van der Waals surface area contributed by atoms with Crippen molar-refractivity contribution in [3.63, 3.8) is 0 Å². The second kappa shape index (κ2) is 10.7. The zero-order valence-electron chi connectivity index (χ0n) is 16.6. The Bertz CT molecular complexity index is 912. The van der Waals surface area contributed by atoms with Gasteiger partial charge in [0.15, 0.2) is 6.61 Å². The lowest BCUT2D eigenvalue weighted by Gasteiger charge is -2.14. The Hall–Kier alpha value is -2.71. The molecule has 2 rings (SSSR count). The summed E-state index contributed by atoms with van der Waals surface area (Å²) in [5.41, 5.74) is 1.37. The van der Waals surface area contributed by atoms with E-state index >= 15 is 0 Å². The van der Waals surface area contributed by atoms with Gasteiger partial charge >= 0.3 is 5.97 Å². The van der Waals surface area contributed by atoms with E-state index in [1.807, 2.05) is 37.3 Å². The number of carbonyl (C=O) groups is 2. The molecule has 0 heterocycles. The molecule has 2 N–H and O–H groups in total. The van der Waals surface area contributed by atoms with Crippen LogP contribution in [-0.2, 0) is 26.0 Å². The lowest BCUT2D eigenvalue weighted by atomic mass is 10.1. The molecule has 0 aliphatic carbocycles. The number of ether oxygens (including phenoxy) is 1. The van der Waals surface area contributed by atoms with Crippen molar-refractivity contribution in [1.82, 2.24) is 10.0 Å². The molecule has 8 heteroatoms. The average Bonchev–Trinajstić information content (AvgIpc) is 2.71. The fourth-order valence-corrected chi connectivity index (χ4v) is 3.72. The Kier molecular flexibility index (Phi) is 8.35. The fourth-order valence-electron chi connectivity index (χ4n) is 2.67. The predicted molar refractivity (Wildman–Crippen MR) is 110 cm³/mol. The number of hydrogen-bond acceptors (Lipinski definition) is 5. The van der Waals surface area contributed by atoms with Gasteiger partial charge in [0.1, 0.15) is 0 Å². The molecule has 0 aliphatic rings. The van der Waals surface area contributed by atoms with Gasteiger partial charge in [-0.1, -0.05) is 37.3 Å². The van der Waals surface area contributed by atoms with Gasteiger partial charge in [0.2, 0.25) is 10.0 Å². The van der Waals surface area contributed by atoms with Gasteiger partial charge in [0.05, 0.1) is 10.5 Å². The zero-order valence-corrected chi connectivity index (χ0v) is 17.4. The number of rotatable bonds is 10. The van der Waals surface area contributed by atoms with Crippen molar-refractivity contribution in [3.05, 3.63) is 65.7 Å². The second-order valence-corrected chi connectivity index (χ2v) is 8.36. The number of benzene rings is 2. The van der Waals surface area contributed by atoms with E-state index in [4.69, 9.17) is 4.74 Å². The van der Waals surface area contributed by atoms with E-state index in [0.29, 0.717) is 0 Å². The molecule has 0 radical (unpaired) electrons. The van der Waals surface area contributed by atoms with Gasteiger partial charge in [-0.05, 0) is 49.6 Å². The van der Waals surface area contributed by atoms with Gasteiger partial charge in [0, 0.05) is 12.6 Å². The highest BCUT2D eigenvalue weighted by atomic mass is 32.2. The quantitative estimate of drug-likeness (QED) is 0.577. The van der Waals surface area contributed by atoms with E-state index in [2.05, 4.69) is 10.0 Å². The van der Waals surface area contributed by atoms with E-state index < -0.39 is 22.6 Å². The molecule has 0 unspecified atom stereocenters. The topological polar surface area (TPSA) is 102 Å². The van der Waals surface area contributed by atoms with E-state index in [1.54, 1.807) is 6.92 Å². The standard InChI is InChI=1S/C21H26N2O5S/c1-3-22-29(26,27)19-13-11-18(12-14-19)21(25)28-15-20(24)23-16(2)9-10-17-7-5-4-6-8-17/h4-8,11-14,16,22H,3,9-10,15H2,1-2H3,(H,23,24)/t16-/m0/s1. The van der Waals surface area contributed by atoms with Gasteiger partial charge in [-0.3, -0.25) is 4.79 Å². The average molecular weight is 419 g/mol. The van der Waals surface area contributed by atoms with E-state index in [-0.39, 0.29) is 29.0 Å². The molecule has 2 aromatic rings. The Labute approximate surface area is 171 Å². The number of esters is 1. The Morgan fingerprint density at radius 3 is 2.31 bits per heavy atom. The number of nitrogens with one attached hydrogen (secondary N) is 2. The lowest BCUT2D eigenvalue weighted by Crippen LogP contribution is -2.36. The first-order valence-corrected chi connectivity index (χ1v) is 10.9. The molecule has 0 aliphatic heterocycles. The Morgan fingerprint density at radius 1 is 1.03 bits per heavy atom. The second-order valence-electron chi connectivity index (χ2n) is 6.59. The molecule has 7 nitrogen and oxygen atoms in total. The lowest BCUT2D eigenvalue weighted by molar-refractivity contribution is -0.124. The SMILES string of the molecule is CCNS(=O)(=O)c1ccc(C(=O)OCC(=O)N[C@@H](C)CCc2ccccc2)cc1. The summed E-state index contributed by atoms with van der Waals surface area (Å²) >= 11 is 0. The van der Waals surface area contributed by atoms with Crippen LogP contribution < -0.4 is 10.0 Å². The highest BCUT2D eigenvalue weighted by molar-refractivity contribution is 7.89. The van der Waals surface area contributed by atoms with Gasteiger partial charge in [0.25, 0.3) is 5.91 Å². The molecule has 0 spiro atoms. The minimum absolute atomic E-state index is 0.0564. The molecule has 156 valence electrons. The zero-order chi connectivity index (χ0) is 21.3. The maximum atomic E-state index is 12.1. The largest absolute Gasteiger partial charge is 0.452 e. The molecule has 1 amide bonds. The molecular formula is C21H26N2O5S. The first kappa shape index (κ1) is 22.6. The van der Waals surface area contributed by atoms with Crippen molar-refractivity contribution in [3.8, 4) is 0 Å². The minimum atomic E-state index is -3.58. The third-order valence-corrected chi connectivity index (χ3v) is 5.75. The van der Waals surface area contributed by atoms with Gasteiger partial charge in [-0.2, -0.15) is 0 Å². The van der Waals surface area contributed by atoms with Crippen LogP contribution in [0.25, 0.3) is 0 Å². The molecular weight excluding hydrogens is 392 g/mol. The van der Waals surface area contributed by atoms with Crippen LogP contribution in [0.4, 0.5) is 0 Å². The third kappa shape index (κ3) is 7.32. The number of aryl methyl sites for hydroxylation is 1. The fraction of sp³-hybridized carbons (Fsp3) is 0.333. The minimum Gasteiger partial charge on any atom is -0.452 e. The molecule has 29 heavy (non-hydrogen) atoms. The van der Waals surface area contributed by atoms with Crippen LogP contribution >= 0.6 is 0 Å². The monoisotopic (exact) mass is 418 g/mol. The highest BCUT2D eigenvalue weighted by Crippen LogP contribution is 2.11. The summed E-state index contributed by atoms with van der Waals surface area (Å²) < 4.78 is 31.2. The van der Waals surface area contributed by atoms with Crippen LogP contribution in [0.15, 0.2) is 59.5 Å². The maximum absolute atomic E-state index is 12.1. The number of sulfonamides is 1. The molecule has 0 saturated carbocycles. The van der Waals surface area contributed by atoms with Gasteiger partial charge in [-0.15, -0.1) is 0 Å². The number of hydrogen-bond donors (Lipinski definition) is 2. The van der Waals surface area contributed by atoms with E-state index in [9.17, 15) is 18.0 Å². The van der Waals surface area contributed by atoms with Crippen LogP contribution in [0.5, 0.6) is 0 Å². The predicted octanol–water partition coefficient (Wildman–Crippen LogP) is 2.28. The van der Waals surface area contributed by atoms with Crippen molar-refractivity contribution < 1.29 is 22.7 Å². The van der Waals surface area contributed by atoms with Crippen LogP contribution in [0.3, 0.4) is 0 Å².